The van der Waals surface area contributed by atoms with E-state index in [2.05, 4.69) is 12.1 Å². The molecule has 3 aliphatic heterocycles. The van der Waals surface area contributed by atoms with Crippen molar-refractivity contribution in [2.75, 3.05) is 19.6 Å². The zero-order valence-corrected chi connectivity index (χ0v) is 14.3. The third kappa shape index (κ3) is 2.79. The molecule has 1 aromatic rings. The number of hydrogen-bond donors (Lipinski definition) is 0. The van der Waals surface area contributed by atoms with Gasteiger partial charge in [0.15, 0.2) is 0 Å². The van der Waals surface area contributed by atoms with Gasteiger partial charge in [0.2, 0.25) is 5.91 Å². The second-order valence-corrected chi connectivity index (χ2v) is 7.06. The minimum absolute atomic E-state index is 0.0732. The summed E-state index contributed by atoms with van der Waals surface area (Å²) in [6.07, 6.45) is 3.97. The fourth-order valence-corrected chi connectivity index (χ4v) is 4.24. The van der Waals surface area contributed by atoms with Gasteiger partial charge in [-0.2, -0.15) is 0 Å². The smallest absolute Gasteiger partial charge is 0.328 e. The number of hydrogen-bond acceptors (Lipinski definition) is 3. The largest absolute Gasteiger partial charge is 0.341 e. The lowest BCUT2D eigenvalue weighted by atomic mass is 10.1. The Morgan fingerprint density at radius 1 is 0.920 bits per heavy atom. The van der Waals surface area contributed by atoms with Crippen LogP contribution in [0.15, 0.2) is 30.3 Å². The van der Waals surface area contributed by atoms with E-state index >= 15 is 0 Å². The van der Waals surface area contributed by atoms with E-state index in [0.717, 1.165) is 25.7 Å². The summed E-state index contributed by atoms with van der Waals surface area (Å²) in [6.45, 7) is 1.93. The summed E-state index contributed by atoms with van der Waals surface area (Å²) in [5.74, 6) is -0.247. The Balaban J connectivity index is 1.35. The molecule has 0 unspecified atom stereocenters. The van der Waals surface area contributed by atoms with Crippen molar-refractivity contribution >= 4 is 17.8 Å². The quantitative estimate of drug-likeness (QED) is 0.765. The molecule has 0 radical (unpaired) electrons. The van der Waals surface area contributed by atoms with E-state index in [9.17, 15) is 14.4 Å². The second kappa shape index (κ2) is 6.50. The Morgan fingerprint density at radius 2 is 1.72 bits per heavy atom. The molecule has 4 amide bonds. The topological polar surface area (TPSA) is 60.9 Å². The van der Waals surface area contributed by atoms with E-state index < -0.39 is 6.04 Å². The summed E-state index contributed by atoms with van der Waals surface area (Å²) in [4.78, 5) is 42.4. The average molecular weight is 341 g/mol. The molecular formula is C19H23N3O3. The van der Waals surface area contributed by atoms with Crippen molar-refractivity contribution in [3.8, 4) is 0 Å². The maximum Gasteiger partial charge on any atom is 0.328 e. The molecule has 6 nitrogen and oxygen atoms in total. The minimum atomic E-state index is -0.595. The second-order valence-electron chi connectivity index (χ2n) is 7.06. The normalized spacial score (nSPS) is 26.1. The number of benzene rings is 1. The number of amides is 4. The van der Waals surface area contributed by atoms with Crippen molar-refractivity contribution in [3.63, 3.8) is 0 Å². The van der Waals surface area contributed by atoms with Gasteiger partial charge < -0.3 is 9.80 Å². The number of imide groups is 1. The van der Waals surface area contributed by atoms with Gasteiger partial charge >= 0.3 is 6.03 Å². The standard InChI is InChI=1S/C19H23N3O3/c23-17-16(22-18(24)15-9-5-12-21(15)19(22)25)10-13-20(17)11-4-8-14-6-2-1-3-7-14/h1-3,6-7,15-16H,4-5,8-13H2/t15-,16-/m1/s1. The monoisotopic (exact) mass is 341 g/mol. The molecule has 3 saturated heterocycles. The molecular weight excluding hydrogens is 318 g/mol. The fraction of sp³-hybridized carbons (Fsp3) is 0.526. The van der Waals surface area contributed by atoms with Gasteiger partial charge in [0, 0.05) is 19.6 Å². The van der Waals surface area contributed by atoms with Crippen molar-refractivity contribution in [2.24, 2.45) is 0 Å². The number of carbonyl (C=O) groups excluding carboxylic acids is 3. The van der Waals surface area contributed by atoms with Crippen LogP contribution in [0.2, 0.25) is 0 Å². The predicted octanol–water partition coefficient (Wildman–Crippen LogP) is 1.65. The van der Waals surface area contributed by atoms with Crippen molar-refractivity contribution in [2.45, 2.75) is 44.2 Å². The van der Waals surface area contributed by atoms with Crippen LogP contribution in [0, 0.1) is 0 Å². The number of nitrogens with zero attached hydrogens (tertiary/aromatic N) is 3. The highest BCUT2D eigenvalue weighted by atomic mass is 16.2. The maximum atomic E-state index is 12.7. The Hall–Kier alpha value is -2.37. The van der Waals surface area contributed by atoms with Crippen LogP contribution in [0.4, 0.5) is 4.79 Å². The summed E-state index contributed by atoms with van der Waals surface area (Å²) in [7, 11) is 0. The van der Waals surface area contributed by atoms with Crippen LogP contribution in [0.25, 0.3) is 0 Å². The van der Waals surface area contributed by atoms with E-state index in [1.807, 2.05) is 18.2 Å². The van der Waals surface area contributed by atoms with Crippen molar-refractivity contribution in [3.05, 3.63) is 35.9 Å². The molecule has 3 heterocycles. The van der Waals surface area contributed by atoms with Crippen LogP contribution in [0.5, 0.6) is 0 Å². The Kier molecular flexibility index (Phi) is 4.19. The van der Waals surface area contributed by atoms with Crippen LogP contribution in [-0.2, 0) is 16.0 Å². The number of aryl methyl sites for hydroxylation is 1. The molecule has 0 bridgehead atoms. The van der Waals surface area contributed by atoms with Gasteiger partial charge in [0.05, 0.1) is 0 Å². The third-order valence-electron chi connectivity index (χ3n) is 5.54. The van der Waals surface area contributed by atoms with Gasteiger partial charge in [0.25, 0.3) is 5.91 Å². The molecule has 6 heteroatoms. The van der Waals surface area contributed by atoms with E-state index in [4.69, 9.17) is 0 Å². The fourth-order valence-electron chi connectivity index (χ4n) is 4.24. The molecule has 2 atom stereocenters. The molecule has 132 valence electrons. The Bertz CT molecular complexity index is 668. The third-order valence-corrected chi connectivity index (χ3v) is 5.54. The predicted molar refractivity (Wildman–Crippen MR) is 91.7 cm³/mol. The van der Waals surface area contributed by atoms with Crippen LogP contribution >= 0.6 is 0 Å². The van der Waals surface area contributed by atoms with Gasteiger partial charge in [-0.3, -0.25) is 9.59 Å². The minimum Gasteiger partial charge on any atom is -0.341 e. The number of rotatable bonds is 5. The highest BCUT2D eigenvalue weighted by Gasteiger charge is 2.53. The van der Waals surface area contributed by atoms with Gasteiger partial charge in [-0.1, -0.05) is 30.3 Å². The zero-order valence-electron chi connectivity index (χ0n) is 14.3. The Morgan fingerprint density at radius 3 is 2.48 bits per heavy atom. The molecule has 0 aliphatic carbocycles. The number of fused-ring (bicyclic) bond motifs is 1. The lowest BCUT2D eigenvalue weighted by Crippen LogP contribution is -2.46. The highest BCUT2D eigenvalue weighted by Crippen LogP contribution is 2.31. The molecule has 0 N–H and O–H groups in total. The zero-order chi connectivity index (χ0) is 17.4. The molecule has 1 aromatic carbocycles. The van der Waals surface area contributed by atoms with E-state index in [1.54, 1.807) is 9.80 Å². The van der Waals surface area contributed by atoms with E-state index in [-0.39, 0.29) is 23.9 Å². The van der Waals surface area contributed by atoms with Crippen LogP contribution in [-0.4, -0.2) is 64.3 Å². The van der Waals surface area contributed by atoms with E-state index in [0.29, 0.717) is 26.1 Å². The molecule has 0 saturated carbocycles. The van der Waals surface area contributed by atoms with Gasteiger partial charge in [0.1, 0.15) is 12.1 Å². The molecule has 4 rings (SSSR count). The molecule has 3 fully saturated rings. The van der Waals surface area contributed by atoms with Crippen molar-refractivity contribution in [1.29, 1.82) is 0 Å². The lowest BCUT2D eigenvalue weighted by Gasteiger charge is -2.22. The number of carbonyl (C=O) groups is 3. The molecule has 3 aliphatic rings. The van der Waals surface area contributed by atoms with Gasteiger partial charge in [-0.25, -0.2) is 9.69 Å². The van der Waals surface area contributed by atoms with Crippen LogP contribution in [0.3, 0.4) is 0 Å². The summed E-state index contributed by atoms with van der Waals surface area (Å²) in [5, 5.41) is 0. The van der Waals surface area contributed by atoms with E-state index in [1.165, 1.54) is 10.5 Å². The first-order chi connectivity index (χ1) is 12.2. The van der Waals surface area contributed by atoms with Gasteiger partial charge in [-0.05, 0) is 37.7 Å². The summed E-state index contributed by atoms with van der Waals surface area (Å²) >= 11 is 0. The van der Waals surface area contributed by atoms with Crippen LogP contribution in [0.1, 0.15) is 31.2 Å². The first-order valence-corrected chi connectivity index (χ1v) is 9.13. The molecule has 25 heavy (non-hydrogen) atoms. The van der Waals surface area contributed by atoms with Crippen molar-refractivity contribution < 1.29 is 14.4 Å². The lowest BCUT2D eigenvalue weighted by molar-refractivity contribution is -0.138. The molecule has 0 spiro atoms. The summed E-state index contributed by atoms with van der Waals surface area (Å²) in [6, 6.07) is 9.01. The van der Waals surface area contributed by atoms with Crippen molar-refractivity contribution in [1.82, 2.24) is 14.7 Å². The summed E-state index contributed by atoms with van der Waals surface area (Å²) in [5.41, 5.74) is 1.26. The average Bonchev–Trinajstić information content (AvgIpc) is 3.29. The maximum absolute atomic E-state index is 12.7. The van der Waals surface area contributed by atoms with Gasteiger partial charge in [-0.15, -0.1) is 0 Å². The van der Waals surface area contributed by atoms with Crippen LogP contribution < -0.4 is 0 Å². The summed E-state index contributed by atoms with van der Waals surface area (Å²) < 4.78 is 0. The number of urea groups is 1. The highest BCUT2D eigenvalue weighted by molar-refractivity contribution is 6.08. The Labute approximate surface area is 147 Å². The molecule has 0 aromatic heterocycles. The first-order valence-electron chi connectivity index (χ1n) is 9.13. The number of likely N-dealkylation sites (tertiary alicyclic amines) is 1. The first kappa shape index (κ1) is 16.1. The SMILES string of the molecule is O=C1[C@H](N2C(=O)[C@H]3CCCN3C2=O)CCN1CCCc1ccccc1.